The highest BCUT2D eigenvalue weighted by Crippen LogP contribution is 2.33. The van der Waals surface area contributed by atoms with E-state index < -0.39 is 24.0 Å². The van der Waals surface area contributed by atoms with Gasteiger partial charge in [-0.15, -0.1) is 6.58 Å². The maximum absolute atomic E-state index is 14.0. The van der Waals surface area contributed by atoms with E-state index in [1.165, 1.54) is 29.1 Å². The van der Waals surface area contributed by atoms with Crippen molar-refractivity contribution in [2.24, 2.45) is 7.05 Å². The number of hydrogen-bond acceptors (Lipinski definition) is 3. The van der Waals surface area contributed by atoms with E-state index >= 15 is 0 Å². The van der Waals surface area contributed by atoms with Gasteiger partial charge in [-0.2, -0.15) is 13.9 Å². The summed E-state index contributed by atoms with van der Waals surface area (Å²) < 4.78 is 61.9. The Bertz CT molecular complexity index is 963. The number of ether oxygens (including phenoxy) is 1. The third-order valence-corrected chi connectivity index (χ3v) is 4.11. The van der Waals surface area contributed by atoms with Crippen molar-refractivity contribution in [3.05, 3.63) is 78.1 Å². The van der Waals surface area contributed by atoms with E-state index in [0.29, 0.717) is 11.3 Å². The van der Waals surface area contributed by atoms with E-state index in [1.54, 1.807) is 13.1 Å². The van der Waals surface area contributed by atoms with Crippen LogP contribution in [0.3, 0.4) is 0 Å². The van der Waals surface area contributed by atoms with Crippen molar-refractivity contribution in [3.63, 3.8) is 0 Å². The predicted octanol–water partition coefficient (Wildman–Crippen LogP) is 5.01. The number of pyridine rings is 1. The molecule has 0 amide bonds. The number of aromatic nitrogens is 3. The molecule has 0 fully saturated rings. The lowest BCUT2D eigenvalue weighted by molar-refractivity contribution is -0.00591. The number of rotatable bonds is 7. The van der Waals surface area contributed by atoms with E-state index in [4.69, 9.17) is 4.74 Å². The van der Waals surface area contributed by atoms with E-state index in [9.17, 15) is 17.6 Å². The van der Waals surface area contributed by atoms with Gasteiger partial charge in [0.2, 0.25) is 5.88 Å². The van der Waals surface area contributed by atoms with Crippen LogP contribution in [-0.2, 0) is 19.6 Å². The molecule has 0 N–H and O–H groups in total. The lowest BCUT2D eigenvalue weighted by Gasteiger charge is -2.09. The average molecular weight is 391 g/mol. The molecule has 0 atom stereocenters. The molecular weight excluding hydrogens is 374 g/mol. The summed E-state index contributed by atoms with van der Waals surface area (Å²) in [7, 11) is 1.55. The summed E-state index contributed by atoms with van der Waals surface area (Å²) >= 11 is 0. The van der Waals surface area contributed by atoms with Crippen LogP contribution in [0.25, 0.3) is 11.3 Å². The van der Waals surface area contributed by atoms with Gasteiger partial charge in [0.25, 0.3) is 5.92 Å². The van der Waals surface area contributed by atoms with Gasteiger partial charge < -0.3 is 4.74 Å². The molecule has 28 heavy (non-hydrogen) atoms. The lowest BCUT2D eigenvalue weighted by Crippen LogP contribution is -2.13. The van der Waals surface area contributed by atoms with Crippen molar-refractivity contribution >= 4 is 0 Å². The molecule has 0 aliphatic carbocycles. The smallest absolute Gasteiger partial charge is 0.294 e. The molecule has 0 unspecified atom stereocenters. The Kier molecular flexibility index (Phi) is 5.48. The van der Waals surface area contributed by atoms with Crippen molar-refractivity contribution in [1.29, 1.82) is 0 Å². The van der Waals surface area contributed by atoms with Crippen LogP contribution in [-0.4, -0.2) is 14.8 Å². The molecule has 3 rings (SSSR count). The summed E-state index contributed by atoms with van der Waals surface area (Å²) in [4.78, 5) is 4.07. The molecule has 0 aliphatic heterocycles. The number of alkyl halides is 2. The molecule has 0 bridgehead atoms. The number of hydrogen-bond donors (Lipinski definition) is 0. The summed E-state index contributed by atoms with van der Waals surface area (Å²) in [6.07, 6.45) is 2.04. The Morgan fingerprint density at radius 2 is 1.89 bits per heavy atom. The third kappa shape index (κ3) is 4.05. The normalized spacial score (nSPS) is 11.5. The van der Waals surface area contributed by atoms with Crippen LogP contribution in [0, 0.1) is 11.6 Å². The van der Waals surface area contributed by atoms with Gasteiger partial charge in [0.05, 0.1) is 11.3 Å². The summed E-state index contributed by atoms with van der Waals surface area (Å²) in [5.74, 6) is -4.39. The van der Waals surface area contributed by atoms with Crippen LogP contribution in [0.4, 0.5) is 17.6 Å². The SMILES string of the molecule is C=CCC(F)(F)c1cc(-c2ccc(OCc3c(F)cccc3F)nc2)n(C)n1. The molecule has 0 spiro atoms. The lowest BCUT2D eigenvalue weighted by atomic mass is 10.1. The number of allylic oxidation sites excluding steroid dienone is 1. The van der Waals surface area contributed by atoms with Gasteiger partial charge in [-0.25, -0.2) is 13.8 Å². The molecule has 8 heteroatoms. The molecule has 1 aromatic carbocycles. The molecule has 4 nitrogen and oxygen atoms in total. The van der Waals surface area contributed by atoms with Crippen LogP contribution in [0.15, 0.2) is 55.3 Å². The average Bonchev–Trinajstić information content (AvgIpc) is 3.04. The molecule has 0 aliphatic rings. The highest BCUT2D eigenvalue weighted by atomic mass is 19.3. The minimum atomic E-state index is -3.11. The van der Waals surface area contributed by atoms with Gasteiger partial charge in [-0.1, -0.05) is 12.1 Å². The minimum Gasteiger partial charge on any atom is -0.473 e. The van der Waals surface area contributed by atoms with Gasteiger partial charge in [-0.05, 0) is 24.3 Å². The zero-order valence-electron chi connectivity index (χ0n) is 15.0. The van der Waals surface area contributed by atoms with Crippen LogP contribution < -0.4 is 4.74 Å². The number of benzene rings is 1. The Labute approximate surface area is 159 Å². The summed E-state index contributed by atoms with van der Waals surface area (Å²) in [5, 5.41) is 3.87. The van der Waals surface area contributed by atoms with E-state index in [2.05, 4.69) is 16.7 Å². The first-order valence-electron chi connectivity index (χ1n) is 8.37. The molecule has 0 saturated carbocycles. The monoisotopic (exact) mass is 391 g/mol. The maximum atomic E-state index is 14.0. The molecule has 3 aromatic rings. The molecule has 2 heterocycles. The van der Waals surface area contributed by atoms with Crippen molar-refractivity contribution in [2.75, 3.05) is 0 Å². The quantitative estimate of drug-likeness (QED) is 0.420. The zero-order valence-corrected chi connectivity index (χ0v) is 15.0. The number of halogens is 4. The van der Waals surface area contributed by atoms with E-state index in [1.807, 2.05) is 0 Å². The first kappa shape index (κ1) is 19.6. The van der Waals surface area contributed by atoms with Crippen LogP contribution in [0.1, 0.15) is 17.7 Å². The first-order valence-corrected chi connectivity index (χ1v) is 8.37. The Balaban J connectivity index is 1.76. The second kappa shape index (κ2) is 7.84. The minimum absolute atomic E-state index is 0.144. The molecule has 2 aromatic heterocycles. The summed E-state index contributed by atoms with van der Waals surface area (Å²) in [6.45, 7) is 3.01. The van der Waals surface area contributed by atoms with Crippen LogP contribution in [0.2, 0.25) is 0 Å². The fourth-order valence-electron chi connectivity index (χ4n) is 2.64. The molecular formula is C20H17F4N3O. The van der Waals surface area contributed by atoms with Crippen molar-refractivity contribution in [3.8, 4) is 17.1 Å². The standard InChI is InChI=1S/C20H17F4N3O/c1-3-9-20(23,24)18-10-17(27(2)26-18)13-7-8-19(25-11-13)28-12-14-15(21)5-4-6-16(14)22/h3-8,10-11H,1,9,12H2,2H3. The second-order valence-corrected chi connectivity index (χ2v) is 6.11. The van der Waals surface area contributed by atoms with Crippen LogP contribution in [0.5, 0.6) is 5.88 Å². The predicted molar refractivity (Wildman–Crippen MR) is 95.8 cm³/mol. The highest BCUT2D eigenvalue weighted by Gasteiger charge is 2.33. The fraction of sp³-hybridized carbons (Fsp3) is 0.200. The Morgan fingerprint density at radius 1 is 1.18 bits per heavy atom. The highest BCUT2D eigenvalue weighted by molar-refractivity contribution is 5.59. The number of nitrogens with zero attached hydrogens (tertiary/aromatic N) is 3. The van der Waals surface area contributed by atoms with Gasteiger partial charge in [0.1, 0.15) is 23.9 Å². The van der Waals surface area contributed by atoms with Gasteiger partial charge >= 0.3 is 0 Å². The molecule has 0 radical (unpaired) electrons. The van der Waals surface area contributed by atoms with E-state index in [0.717, 1.165) is 18.2 Å². The first-order chi connectivity index (χ1) is 13.3. The Morgan fingerprint density at radius 3 is 2.50 bits per heavy atom. The fourth-order valence-corrected chi connectivity index (χ4v) is 2.64. The van der Waals surface area contributed by atoms with Gasteiger partial charge in [0, 0.05) is 31.3 Å². The van der Waals surface area contributed by atoms with Crippen molar-refractivity contribution < 1.29 is 22.3 Å². The van der Waals surface area contributed by atoms with E-state index in [-0.39, 0.29) is 23.7 Å². The molecule has 0 saturated heterocycles. The number of aryl methyl sites for hydroxylation is 1. The molecule has 146 valence electrons. The van der Waals surface area contributed by atoms with Gasteiger partial charge in [0.15, 0.2) is 0 Å². The summed E-state index contributed by atoms with van der Waals surface area (Å²) in [5.41, 5.74) is 0.423. The Hall–Kier alpha value is -3.16. The van der Waals surface area contributed by atoms with Crippen molar-refractivity contribution in [2.45, 2.75) is 19.0 Å². The zero-order chi connectivity index (χ0) is 20.3. The topological polar surface area (TPSA) is 39.9 Å². The largest absolute Gasteiger partial charge is 0.473 e. The van der Waals surface area contributed by atoms with Gasteiger partial charge in [-0.3, -0.25) is 4.68 Å². The summed E-state index contributed by atoms with van der Waals surface area (Å²) in [6, 6.07) is 7.92. The second-order valence-electron chi connectivity index (χ2n) is 6.11. The maximum Gasteiger partial charge on any atom is 0.294 e. The van der Waals surface area contributed by atoms with Crippen LogP contribution >= 0.6 is 0 Å². The van der Waals surface area contributed by atoms with Crippen molar-refractivity contribution in [1.82, 2.24) is 14.8 Å². The third-order valence-electron chi connectivity index (χ3n) is 4.11.